The van der Waals surface area contributed by atoms with Crippen molar-refractivity contribution in [3.63, 3.8) is 0 Å². The SMILES string of the molecule is O=c1ccc(-c2csc(S(=O)(=O)NC[C@@H]3CCCO3)c2)n[nH]1. The van der Waals surface area contributed by atoms with Crippen molar-refractivity contribution in [2.24, 2.45) is 0 Å². The second-order valence-corrected chi connectivity index (χ2v) is 7.85. The largest absolute Gasteiger partial charge is 0.377 e. The van der Waals surface area contributed by atoms with Crippen LogP contribution in [0.1, 0.15) is 12.8 Å². The van der Waals surface area contributed by atoms with E-state index >= 15 is 0 Å². The summed E-state index contributed by atoms with van der Waals surface area (Å²) in [5.74, 6) is 0. The Morgan fingerprint density at radius 2 is 2.32 bits per heavy atom. The molecule has 3 heterocycles. The molecule has 0 radical (unpaired) electrons. The van der Waals surface area contributed by atoms with Gasteiger partial charge in [-0.15, -0.1) is 11.3 Å². The van der Waals surface area contributed by atoms with Crippen LogP contribution in [0, 0.1) is 0 Å². The third kappa shape index (κ3) is 3.43. The van der Waals surface area contributed by atoms with Crippen molar-refractivity contribution in [2.45, 2.75) is 23.2 Å². The maximum absolute atomic E-state index is 12.3. The van der Waals surface area contributed by atoms with Crippen molar-refractivity contribution in [1.82, 2.24) is 14.9 Å². The second-order valence-electron chi connectivity index (χ2n) is 4.95. The number of ether oxygens (including phenoxy) is 1. The molecule has 3 rings (SSSR count). The van der Waals surface area contributed by atoms with Crippen LogP contribution in [-0.2, 0) is 14.8 Å². The fourth-order valence-electron chi connectivity index (χ4n) is 2.18. The van der Waals surface area contributed by atoms with Crippen molar-refractivity contribution >= 4 is 21.4 Å². The molecule has 7 nitrogen and oxygen atoms in total. The van der Waals surface area contributed by atoms with Crippen LogP contribution in [0.15, 0.2) is 32.6 Å². The van der Waals surface area contributed by atoms with Crippen LogP contribution in [-0.4, -0.2) is 37.9 Å². The maximum Gasteiger partial charge on any atom is 0.264 e. The third-order valence-electron chi connectivity index (χ3n) is 3.34. The molecule has 0 bridgehead atoms. The first kappa shape index (κ1) is 15.3. The highest BCUT2D eigenvalue weighted by Gasteiger charge is 2.21. The van der Waals surface area contributed by atoms with Crippen LogP contribution in [0.2, 0.25) is 0 Å². The third-order valence-corrected chi connectivity index (χ3v) is 6.20. The number of nitrogens with zero attached hydrogens (tertiary/aromatic N) is 1. The summed E-state index contributed by atoms with van der Waals surface area (Å²) in [6.07, 6.45) is 1.79. The molecule has 1 saturated heterocycles. The number of rotatable bonds is 5. The molecule has 0 amide bonds. The van der Waals surface area contributed by atoms with Gasteiger partial charge in [0.1, 0.15) is 4.21 Å². The lowest BCUT2D eigenvalue weighted by atomic mass is 10.2. The van der Waals surface area contributed by atoms with Gasteiger partial charge in [0.15, 0.2) is 0 Å². The van der Waals surface area contributed by atoms with E-state index in [1.165, 1.54) is 6.07 Å². The van der Waals surface area contributed by atoms with Crippen LogP contribution in [0.25, 0.3) is 11.3 Å². The molecule has 0 unspecified atom stereocenters. The summed E-state index contributed by atoms with van der Waals surface area (Å²) in [5, 5.41) is 7.91. The van der Waals surface area contributed by atoms with Gasteiger partial charge < -0.3 is 4.74 Å². The summed E-state index contributed by atoms with van der Waals surface area (Å²) in [4.78, 5) is 11.0. The molecule has 0 saturated carbocycles. The first-order valence-electron chi connectivity index (χ1n) is 6.80. The molecule has 0 spiro atoms. The summed E-state index contributed by atoms with van der Waals surface area (Å²) in [5.41, 5.74) is 0.875. The van der Waals surface area contributed by atoms with E-state index in [1.54, 1.807) is 17.5 Å². The van der Waals surface area contributed by atoms with Gasteiger partial charge >= 0.3 is 0 Å². The Labute approximate surface area is 131 Å². The van der Waals surface area contributed by atoms with Gasteiger partial charge in [0.2, 0.25) is 10.0 Å². The highest BCUT2D eigenvalue weighted by molar-refractivity contribution is 7.91. The lowest BCUT2D eigenvalue weighted by molar-refractivity contribution is 0.114. The van der Waals surface area contributed by atoms with E-state index in [2.05, 4.69) is 14.9 Å². The maximum atomic E-state index is 12.3. The molecule has 0 aliphatic carbocycles. The van der Waals surface area contributed by atoms with Gasteiger partial charge in [-0.1, -0.05) is 0 Å². The van der Waals surface area contributed by atoms with Crippen LogP contribution < -0.4 is 10.3 Å². The Morgan fingerprint density at radius 3 is 3.00 bits per heavy atom. The first-order valence-corrected chi connectivity index (χ1v) is 9.17. The van der Waals surface area contributed by atoms with Gasteiger partial charge in [-0.3, -0.25) is 4.79 Å². The van der Waals surface area contributed by atoms with Gasteiger partial charge in [-0.25, -0.2) is 18.2 Å². The zero-order chi connectivity index (χ0) is 15.6. The summed E-state index contributed by atoms with van der Waals surface area (Å²) < 4.78 is 32.7. The standard InChI is InChI=1S/C13H15N3O4S2/c17-12-4-3-11(15-16-12)9-6-13(21-8-9)22(18,19)14-7-10-2-1-5-20-10/h3-4,6,8,10,14H,1-2,5,7H2,(H,16,17)/t10-/m0/s1. The summed E-state index contributed by atoms with van der Waals surface area (Å²) in [6, 6.07) is 4.45. The fourth-order valence-corrected chi connectivity index (χ4v) is 4.46. The minimum atomic E-state index is -3.55. The molecule has 118 valence electrons. The van der Waals surface area contributed by atoms with E-state index < -0.39 is 10.0 Å². The fraction of sp³-hybridized carbons (Fsp3) is 0.385. The Hall–Kier alpha value is -1.55. The molecule has 2 aromatic heterocycles. The molecule has 1 aliphatic rings. The average Bonchev–Trinajstić information content (AvgIpc) is 3.18. The van der Waals surface area contributed by atoms with E-state index in [0.29, 0.717) is 17.9 Å². The van der Waals surface area contributed by atoms with E-state index in [9.17, 15) is 13.2 Å². The smallest absolute Gasteiger partial charge is 0.264 e. The zero-order valence-corrected chi connectivity index (χ0v) is 13.2. The van der Waals surface area contributed by atoms with Crippen LogP contribution >= 0.6 is 11.3 Å². The van der Waals surface area contributed by atoms with Crippen LogP contribution in [0.5, 0.6) is 0 Å². The molecule has 22 heavy (non-hydrogen) atoms. The number of nitrogens with one attached hydrogen (secondary N) is 2. The number of hydrogen-bond donors (Lipinski definition) is 2. The molecular formula is C13H15N3O4S2. The number of aromatic amines is 1. The van der Waals surface area contributed by atoms with E-state index in [0.717, 1.165) is 24.2 Å². The Bertz CT molecular complexity index is 786. The Morgan fingerprint density at radius 1 is 1.45 bits per heavy atom. The number of sulfonamides is 1. The summed E-state index contributed by atoms with van der Waals surface area (Å²) in [6.45, 7) is 0.972. The number of aromatic nitrogens is 2. The molecular weight excluding hydrogens is 326 g/mol. The highest BCUT2D eigenvalue weighted by Crippen LogP contribution is 2.26. The number of thiophene rings is 1. The lowest BCUT2D eigenvalue weighted by Crippen LogP contribution is -2.31. The van der Waals surface area contributed by atoms with Gasteiger partial charge in [0, 0.05) is 30.2 Å². The van der Waals surface area contributed by atoms with Gasteiger partial charge in [-0.05, 0) is 25.0 Å². The molecule has 1 atom stereocenters. The van der Waals surface area contributed by atoms with Crippen molar-refractivity contribution < 1.29 is 13.2 Å². The number of hydrogen-bond acceptors (Lipinski definition) is 6. The van der Waals surface area contributed by atoms with Crippen LogP contribution in [0.3, 0.4) is 0 Å². The normalized spacial score (nSPS) is 18.6. The second kappa shape index (κ2) is 6.29. The first-order chi connectivity index (χ1) is 10.5. The highest BCUT2D eigenvalue weighted by atomic mass is 32.2. The van der Waals surface area contributed by atoms with Crippen molar-refractivity contribution in [3.8, 4) is 11.3 Å². The molecule has 2 aromatic rings. The van der Waals surface area contributed by atoms with E-state index in [-0.39, 0.29) is 22.4 Å². The predicted octanol–water partition coefficient (Wildman–Crippen LogP) is 0.956. The van der Waals surface area contributed by atoms with Crippen molar-refractivity contribution in [3.05, 3.63) is 33.9 Å². The van der Waals surface area contributed by atoms with Gasteiger partial charge in [0.05, 0.1) is 11.8 Å². The Balaban J connectivity index is 1.74. The zero-order valence-electron chi connectivity index (χ0n) is 11.6. The monoisotopic (exact) mass is 341 g/mol. The van der Waals surface area contributed by atoms with E-state index in [1.807, 2.05) is 0 Å². The summed E-state index contributed by atoms with van der Waals surface area (Å²) >= 11 is 1.11. The molecule has 1 fully saturated rings. The van der Waals surface area contributed by atoms with Crippen LogP contribution in [0.4, 0.5) is 0 Å². The Kier molecular flexibility index (Phi) is 4.39. The molecule has 9 heteroatoms. The quantitative estimate of drug-likeness (QED) is 0.843. The molecule has 0 aromatic carbocycles. The molecule has 2 N–H and O–H groups in total. The minimum Gasteiger partial charge on any atom is -0.377 e. The average molecular weight is 341 g/mol. The van der Waals surface area contributed by atoms with Gasteiger partial charge in [-0.2, -0.15) is 5.10 Å². The van der Waals surface area contributed by atoms with Gasteiger partial charge in [0.25, 0.3) is 5.56 Å². The van der Waals surface area contributed by atoms with E-state index in [4.69, 9.17) is 4.74 Å². The summed E-state index contributed by atoms with van der Waals surface area (Å²) in [7, 11) is -3.55. The molecule has 1 aliphatic heterocycles. The minimum absolute atomic E-state index is 0.0462. The van der Waals surface area contributed by atoms with Crippen molar-refractivity contribution in [1.29, 1.82) is 0 Å². The lowest BCUT2D eigenvalue weighted by Gasteiger charge is -2.10. The number of H-pyrrole nitrogens is 1. The predicted molar refractivity (Wildman–Crippen MR) is 82.3 cm³/mol. The topological polar surface area (TPSA) is 101 Å². The van der Waals surface area contributed by atoms with Crippen molar-refractivity contribution in [2.75, 3.05) is 13.2 Å².